The average Bonchev–Trinajstić information content (AvgIpc) is 3.32. The van der Waals surface area contributed by atoms with Crippen molar-refractivity contribution in [1.29, 1.82) is 0 Å². The van der Waals surface area contributed by atoms with Crippen LogP contribution in [0.2, 0.25) is 0 Å². The van der Waals surface area contributed by atoms with Crippen molar-refractivity contribution in [3.63, 3.8) is 0 Å². The molecule has 2 N–H and O–H groups in total. The van der Waals surface area contributed by atoms with E-state index in [2.05, 4.69) is 10.4 Å². The number of hydrogen-bond acceptors (Lipinski definition) is 7. The second-order valence-corrected chi connectivity index (χ2v) is 14.4. The van der Waals surface area contributed by atoms with E-state index >= 15 is 0 Å². The van der Waals surface area contributed by atoms with E-state index in [1.807, 2.05) is 36.4 Å². The molecule has 0 unspecified atom stereocenters. The molecule has 2 aromatic carbocycles. The summed E-state index contributed by atoms with van der Waals surface area (Å²) in [4.78, 5) is 13.3. The molecule has 0 radical (unpaired) electrons. The largest absolute Gasteiger partial charge is 0.490 e. The molecule has 0 bridgehead atoms. The predicted molar refractivity (Wildman–Crippen MR) is 159 cm³/mol. The summed E-state index contributed by atoms with van der Waals surface area (Å²) in [5.74, 6) is 1.25. The minimum Gasteiger partial charge on any atom is -0.490 e. The Labute approximate surface area is 245 Å². The van der Waals surface area contributed by atoms with Crippen LogP contribution >= 0.6 is 0 Å². The molecule has 220 valence electrons. The number of amides is 1. The lowest BCUT2D eigenvalue weighted by Crippen LogP contribution is -2.58. The van der Waals surface area contributed by atoms with Gasteiger partial charge in [-0.1, -0.05) is 24.3 Å². The number of sulfone groups is 1. The van der Waals surface area contributed by atoms with E-state index in [4.69, 9.17) is 9.47 Å². The zero-order valence-electron chi connectivity index (χ0n) is 23.9. The molecule has 6 rings (SSSR count). The monoisotopic (exact) mass is 589 g/mol. The Morgan fingerprint density at radius 2 is 1.62 bits per heavy atom. The fraction of sp³-hybridized carbons (Fsp3) is 0.375. The van der Waals surface area contributed by atoms with Crippen molar-refractivity contribution in [3.05, 3.63) is 78.6 Å². The fourth-order valence-electron chi connectivity index (χ4n) is 5.97. The highest BCUT2D eigenvalue weighted by atomic mass is 32.2. The van der Waals surface area contributed by atoms with E-state index < -0.39 is 15.4 Å². The van der Waals surface area contributed by atoms with Crippen LogP contribution in [0.25, 0.3) is 16.6 Å². The maximum atomic E-state index is 13.0. The van der Waals surface area contributed by atoms with E-state index in [0.29, 0.717) is 21.7 Å². The van der Waals surface area contributed by atoms with Crippen molar-refractivity contribution in [2.24, 2.45) is 5.41 Å². The van der Waals surface area contributed by atoms with Gasteiger partial charge in [0.15, 0.2) is 9.84 Å². The van der Waals surface area contributed by atoms with Gasteiger partial charge in [0.1, 0.15) is 18.1 Å². The fourth-order valence-corrected chi connectivity index (χ4v) is 6.60. The molecule has 2 aliphatic rings. The number of nitrogens with zero attached hydrogens (tertiary/aromatic N) is 2. The van der Waals surface area contributed by atoms with Crippen molar-refractivity contribution >= 4 is 21.3 Å². The van der Waals surface area contributed by atoms with Gasteiger partial charge in [0, 0.05) is 12.3 Å². The van der Waals surface area contributed by atoms with Crippen molar-refractivity contribution < 1.29 is 27.8 Å². The van der Waals surface area contributed by atoms with Crippen LogP contribution in [0.4, 0.5) is 0 Å². The maximum Gasteiger partial charge on any atom is 0.255 e. The number of rotatable bonds is 9. The van der Waals surface area contributed by atoms with Gasteiger partial charge in [0.2, 0.25) is 0 Å². The number of hydrogen-bond donors (Lipinski definition) is 2. The smallest absolute Gasteiger partial charge is 0.255 e. The van der Waals surface area contributed by atoms with Gasteiger partial charge in [-0.15, -0.1) is 0 Å². The average molecular weight is 590 g/mol. The molecular formula is C32H35N3O6S. The van der Waals surface area contributed by atoms with Gasteiger partial charge in [-0.05, 0) is 92.5 Å². The topological polar surface area (TPSA) is 119 Å². The van der Waals surface area contributed by atoms with E-state index in [9.17, 15) is 18.3 Å². The van der Waals surface area contributed by atoms with Gasteiger partial charge in [0.05, 0.1) is 40.1 Å². The Morgan fingerprint density at radius 3 is 2.24 bits per heavy atom. The number of aromatic nitrogens is 2. The first kappa shape index (κ1) is 28.2. The van der Waals surface area contributed by atoms with E-state index in [-0.39, 0.29) is 30.1 Å². The molecule has 0 aliphatic heterocycles. The molecule has 42 heavy (non-hydrogen) atoms. The molecular weight excluding hydrogens is 554 g/mol. The molecule has 2 saturated carbocycles. The molecule has 2 aromatic heterocycles. The van der Waals surface area contributed by atoms with Crippen molar-refractivity contribution in [2.75, 3.05) is 12.9 Å². The van der Waals surface area contributed by atoms with Crippen LogP contribution in [-0.2, 0) is 9.84 Å². The van der Waals surface area contributed by atoms with Gasteiger partial charge in [-0.2, -0.15) is 5.10 Å². The Bertz CT molecular complexity index is 1710. The minimum atomic E-state index is -3.21. The zero-order chi connectivity index (χ0) is 29.7. The molecule has 1 spiro atoms. The Balaban J connectivity index is 0.971. The van der Waals surface area contributed by atoms with Gasteiger partial charge >= 0.3 is 0 Å². The second kappa shape index (κ2) is 10.4. The molecule has 1 amide bonds. The highest BCUT2D eigenvalue weighted by Crippen LogP contribution is 2.56. The van der Waals surface area contributed by atoms with Crippen molar-refractivity contribution in [2.45, 2.75) is 62.2 Å². The van der Waals surface area contributed by atoms with Gasteiger partial charge in [-0.25, -0.2) is 12.9 Å². The van der Waals surface area contributed by atoms with E-state index in [0.717, 1.165) is 42.6 Å². The number of aliphatic hydroxyl groups is 1. The molecule has 4 aromatic rings. The summed E-state index contributed by atoms with van der Waals surface area (Å²) in [6.45, 7) is 3.51. The number of ether oxygens (including phenoxy) is 2. The Hall–Kier alpha value is -3.89. The number of carbonyl (C=O) groups is 1. The highest BCUT2D eigenvalue weighted by molar-refractivity contribution is 7.90. The van der Waals surface area contributed by atoms with Gasteiger partial charge < -0.3 is 19.9 Å². The first-order chi connectivity index (χ1) is 19.9. The van der Waals surface area contributed by atoms with E-state index in [1.165, 1.54) is 6.26 Å². The molecule has 10 heteroatoms. The first-order valence-electron chi connectivity index (χ1n) is 14.1. The maximum absolute atomic E-state index is 13.0. The van der Waals surface area contributed by atoms with Gasteiger partial charge in [-0.3, -0.25) is 4.79 Å². The lowest BCUT2D eigenvalue weighted by Gasteiger charge is -2.57. The third-order valence-electron chi connectivity index (χ3n) is 8.11. The lowest BCUT2D eigenvalue weighted by molar-refractivity contribution is -0.0833. The Morgan fingerprint density at radius 1 is 1.00 bits per heavy atom. The normalized spacial score (nSPS) is 21.9. The number of fused-ring (bicyclic) bond motifs is 1. The van der Waals surface area contributed by atoms with Crippen LogP contribution in [0.1, 0.15) is 49.9 Å². The number of nitrogens with one attached hydrogen (secondary N) is 1. The third kappa shape index (κ3) is 6.00. The van der Waals surface area contributed by atoms with Crippen molar-refractivity contribution in [3.8, 4) is 22.6 Å². The van der Waals surface area contributed by atoms with Crippen LogP contribution in [0.5, 0.6) is 11.5 Å². The van der Waals surface area contributed by atoms with Crippen LogP contribution in [-0.4, -0.2) is 59.7 Å². The minimum absolute atomic E-state index is 0.131. The molecule has 2 heterocycles. The second-order valence-electron chi connectivity index (χ2n) is 12.4. The summed E-state index contributed by atoms with van der Waals surface area (Å²) in [6.07, 6.45) is 8.46. The highest BCUT2D eigenvalue weighted by Gasteiger charge is 2.54. The standard InChI is InChI=1S/C32H35N3O6S/c1-31(2,37)20-40-25-10-13-29-28(18-33-35(29)19-25)30(36)34-23-14-32(15-23)16-26(17-32)41-24-8-4-21(5-9-24)22-6-11-27(12-7-22)42(3,38)39/h4-13,18-19,23,26,37H,14-17,20H2,1-3H3,(H,34,36). The summed E-state index contributed by atoms with van der Waals surface area (Å²) in [5.41, 5.74) is 2.46. The number of benzene rings is 2. The summed E-state index contributed by atoms with van der Waals surface area (Å²) in [5, 5.41) is 17.3. The molecule has 0 saturated heterocycles. The number of pyridine rings is 1. The zero-order valence-corrected chi connectivity index (χ0v) is 24.7. The van der Waals surface area contributed by atoms with Crippen molar-refractivity contribution in [1.82, 2.24) is 14.9 Å². The quantitative estimate of drug-likeness (QED) is 0.291. The summed E-state index contributed by atoms with van der Waals surface area (Å²) < 4.78 is 36.8. The van der Waals surface area contributed by atoms with Crippen LogP contribution in [0.3, 0.4) is 0 Å². The molecule has 2 fully saturated rings. The third-order valence-corrected chi connectivity index (χ3v) is 9.24. The Kier molecular flexibility index (Phi) is 7.01. The van der Waals surface area contributed by atoms with Crippen LogP contribution < -0.4 is 14.8 Å². The molecule has 9 nitrogen and oxygen atoms in total. The SMILES string of the molecule is CC(C)(O)COc1ccc2c(C(=O)NC3CC4(C3)CC(Oc3ccc(-c5ccc(S(C)(=O)=O)cc5)cc3)C4)cnn2c1. The van der Waals surface area contributed by atoms with E-state index in [1.54, 1.807) is 55.0 Å². The van der Waals surface area contributed by atoms with Gasteiger partial charge in [0.25, 0.3) is 5.91 Å². The number of carbonyl (C=O) groups excluding carboxylic acids is 1. The van der Waals surface area contributed by atoms with Crippen LogP contribution in [0, 0.1) is 5.41 Å². The van der Waals surface area contributed by atoms with Crippen LogP contribution in [0.15, 0.2) is 78.0 Å². The predicted octanol–water partition coefficient (Wildman–Crippen LogP) is 4.67. The summed E-state index contributed by atoms with van der Waals surface area (Å²) >= 11 is 0. The summed E-state index contributed by atoms with van der Waals surface area (Å²) in [7, 11) is -3.21. The summed E-state index contributed by atoms with van der Waals surface area (Å²) in [6, 6.07) is 18.5. The molecule has 0 atom stereocenters. The first-order valence-corrected chi connectivity index (χ1v) is 16.0. The molecule has 2 aliphatic carbocycles. The lowest BCUT2D eigenvalue weighted by atomic mass is 9.53.